The van der Waals surface area contributed by atoms with Crippen molar-refractivity contribution in [2.24, 2.45) is 0 Å². The van der Waals surface area contributed by atoms with Crippen molar-refractivity contribution in [3.8, 4) is 0 Å². The van der Waals surface area contributed by atoms with E-state index < -0.39 is 10.0 Å². The molecule has 0 amide bonds. The fourth-order valence-electron chi connectivity index (χ4n) is 2.01. The Kier molecular flexibility index (Phi) is 3.26. The molecule has 0 saturated carbocycles. The number of H-pyrrole nitrogens is 1. The van der Waals surface area contributed by atoms with Gasteiger partial charge in [-0.15, -0.1) is 0 Å². The summed E-state index contributed by atoms with van der Waals surface area (Å²) in [5, 5.41) is 3.02. The standard InChI is InChI=1S/C12H14N6O2S/c1-2-13-10-11(18-8-4-3-5-9(18)16-10)21(19,20)17-12-14-6-7-15-12/h3-8,13H,2H2,1H3,(H2,14,15,17). The molecule has 9 heteroatoms. The van der Waals surface area contributed by atoms with E-state index >= 15 is 0 Å². The van der Waals surface area contributed by atoms with Crippen LogP contribution in [0.2, 0.25) is 0 Å². The van der Waals surface area contributed by atoms with E-state index in [-0.39, 0.29) is 11.0 Å². The van der Waals surface area contributed by atoms with Crippen molar-refractivity contribution in [1.82, 2.24) is 19.4 Å². The highest BCUT2D eigenvalue weighted by Gasteiger charge is 2.25. The third-order valence-electron chi connectivity index (χ3n) is 2.81. The Labute approximate surface area is 121 Å². The molecule has 110 valence electrons. The Balaban J connectivity index is 2.15. The van der Waals surface area contributed by atoms with Crippen LogP contribution in [0.5, 0.6) is 0 Å². The van der Waals surface area contributed by atoms with Crippen LogP contribution in [0.15, 0.2) is 41.8 Å². The van der Waals surface area contributed by atoms with Gasteiger partial charge in [0.2, 0.25) is 11.0 Å². The van der Waals surface area contributed by atoms with E-state index in [0.717, 1.165) is 0 Å². The largest absolute Gasteiger partial charge is 0.368 e. The summed E-state index contributed by atoms with van der Waals surface area (Å²) in [4.78, 5) is 10.9. The monoisotopic (exact) mass is 306 g/mol. The maximum atomic E-state index is 12.6. The van der Waals surface area contributed by atoms with Gasteiger partial charge in [-0.1, -0.05) is 6.07 Å². The fourth-order valence-corrected chi connectivity index (χ4v) is 3.26. The molecule has 0 unspecified atom stereocenters. The first kappa shape index (κ1) is 13.4. The van der Waals surface area contributed by atoms with Crippen LogP contribution in [0.4, 0.5) is 11.8 Å². The first-order valence-electron chi connectivity index (χ1n) is 6.35. The second-order valence-corrected chi connectivity index (χ2v) is 5.87. The summed E-state index contributed by atoms with van der Waals surface area (Å²) in [5.74, 6) is 0.464. The van der Waals surface area contributed by atoms with Crippen molar-refractivity contribution in [2.45, 2.75) is 11.9 Å². The molecule has 8 nitrogen and oxygen atoms in total. The number of hydrogen-bond donors (Lipinski definition) is 3. The quantitative estimate of drug-likeness (QED) is 0.659. The Morgan fingerprint density at radius 3 is 2.95 bits per heavy atom. The number of rotatable bonds is 5. The van der Waals surface area contributed by atoms with Gasteiger partial charge in [0.05, 0.1) is 0 Å². The minimum absolute atomic E-state index is 0.0522. The molecule has 0 aliphatic heterocycles. The summed E-state index contributed by atoms with van der Waals surface area (Å²) in [5.41, 5.74) is 0.549. The number of nitrogens with zero attached hydrogens (tertiary/aromatic N) is 3. The fraction of sp³-hybridized carbons (Fsp3) is 0.167. The summed E-state index contributed by atoms with van der Waals surface area (Å²) < 4.78 is 29.1. The van der Waals surface area contributed by atoms with Crippen LogP contribution in [-0.4, -0.2) is 34.3 Å². The first-order chi connectivity index (χ1) is 10.1. The van der Waals surface area contributed by atoms with Crippen molar-refractivity contribution >= 4 is 27.4 Å². The number of fused-ring (bicyclic) bond motifs is 1. The summed E-state index contributed by atoms with van der Waals surface area (Å²) in [6, 6.07) is 5.29. The molecule has 0 aliphatic carbocycles. The van der Waals surface area contributed by atoms with Gasteiger partial charge in [0.15, 0.2) is 5.82 Å². The predicted molar refractivity (Wildman–Crippen MR) is 78.8 cm³/mol. The lowest BCUT2D eigenvalue weighted by molar-refractivity contribution is 0.596. The summed E-state index contributed by atoms with van der Waals surface area (Å²) in [6.45, 7) is 2.44. The molecule has 0 spiro atoms. The Hall–Kier alpha value is -2.55. The molecular weight excluding hydrogens is 292 g/mol. The highest BCUT2D eigenvalue weighted by atomic mass is 32.2. The van der Waals surface area contributed by atoms with Crippen LogP contribution in [0.25, 0.3) is 5.65 Å². The molecule has 3 N–H and O–H groups in total. The predicted octanol–water partition coefficient (Wildman–Crippen LogP) is 1.29. The van der Waals surface area contributed by atoms with E-state index in [1.54, 1.807) is 24.4 Å². The maximum Gasteiger partial charge on any atom is 0.284 e. The third kappa shape index (κ3) is 2.42. The summed E-state index contributed by atoms with van der Waals surface area (Å²) in [6.07, 6.45) is 4.66. The lowest BCUT2D eigenvalue weighted by atomic mass is 10.5. The number of sulfonamides is 1. The molecule has 0 aromatic carbocycles. The van der Waals surface area contributed by atoms with Crippen molar-refractivity contribution < 1.29 is 8.42 Å². The molecule has 3 heterocycles. The van der Waals surface area contributed by atoms with E-state index in [4.69, 9.17) is 0 Å². The zero-order valence-electron chi connectivity index (χ0n) is 11.2. The van der Waals surface area contributed by atoms with Crippen LogP contribution in [-0.2, 0) is 10.0 Å². The molecule has 0 aliphatic rings. The highest BCUT2D eigenvalue weighted by molar-refractivity contribution is 7.92. The number of hydrogen-bond acceptors (Lipinski definition) is 5. The summed E-state index contributed by atoms with van der Waals surface area (Å²) >= 11 is 0. The van der Waals surface area contributed by atoms with Crippen LogP contribution in [0, 0.1) is 0 Å². The van der Waals surface area contributed by atoms with E-state index in [9.17, 15) is 8.42 Å². The van der Waals surface area contributed by atoms with Gasteiger partial charge in [0.1, 0.15) is 5.65 Å². The number of pyridine rings is 1. The van der Waals surface area contributed by atoms with Crippen molar-refractivity contribution in [3.05, 3.63) is 36.8 Å². The van der Waals surface area contributed by atoms with Crippen LogP contribution >= 0.6 is 0 Å². The van der Waals surface area contributed by atoms with Crippen LogP contribution in [0.3, 0.4) is 0 Å². The SMILES string of the molecule is CCNc1nc2ccccn2c1S(=O)(=O)Nc1ncc[nH]1. The third-order valence-corrected chi connectivity index (χ3v) is 4.18. The number of imidazole rings is 2. The minimum Gasteiger partial charge on any atom is -0.368 e. The van der Waals surface area contributed by atoms with Crippen LogP contribution in [0.1, 0.15) is 6.92 Å². The number of aromatic nitrogens is 4. The van der Waals surface area contributed by atoms with Gasteiger partial charge in [-0.05, 0) is 19.1 Å². The zero-order valence-corrected chi connectivity index (χ0v) is 12.1. The van der Waals surface area contributed by atoms with Crippen molar-refractivity contribution in [2.75, 3.05) is 16.6 Å². The second kappa shape index (κ2) is 5.09. The molecule has 3 aromatic heterocycles. The molecule has 0 radical (unpaired) electrons. The smallest absolute Gasteiger partial charge is 0.284 e. The molecule has 0 saturated heterocycles. The minimum atomic E-state index is -3.83. The zero-order chi connectivity index (χ0) is 14.9. The van der Waals surface area contributed by atoms with Crippen molar-refractivity contribution in [3.63, 3.8) is 0 Å². The van der Waals surface area contributed by atoms with Crippen molar-refractivity contribution in [1.29, 1.82) is 0 Å². The Morgan fingerprint density at radius 1 is 1.38 bits per heavy atom. The maximum absolute atomic E-state index is 12.6. The highest BCUT2D eigenvalue weighted by Crippen LogP contribution is 2.24. The van der Waals surface area contributed by atoms with Gasteiger partial charge >= 0.3 is 0 Å². The van der Waals surface area contributed by atoms with Gasteiger partial charge in [-0.3, -0.25) is 4.40 Å². The van der Waals surface area contributed by atoms with Gasteiger partial charge in [-0.2, -0.15) is 8.42 Å². The second-order valence-electron chi connectivity index (χ2n) is 4.27. The van der Waals surface area contributed by atoms with Gasteiger partial charge in [0.25, 0.3) is 10.0 Å². The average molecular weight is 306 g/mol. The van der Waals surface area contributed by atoms with E-state index in [2.05, 4.69) is 25.0 Å². The lowest BCUT2D eigenvalue weighted by Crippen LogP contribution is -2.17. The Bertz CT molecular complexity index is 853. The molecular formula is C12H14N6O2S. The Morgan fingerprint density at radius 2 is 2.24 bits per heavy atom. The molecule has 3 aromatic rings. The number of anilines is 2. The molecule has 0 atom stereocenters. The topological polar surface area (TPSA) is 104 Å². The van der Waals surface area contributed by atoms with E-state index in [0.29, 0.717) is 18.0 Å². The van der Waals surface area contributed by atoms with Gasteiger partial charge in [-0.25, -0.2) is 14.7 Å². The normalized spacial score (nSPS) is 11.7. The lowest BCUT2D eigenvalue weighted by Gasteiger charge is -2.07. The number of nitrogens with one attached hydrogen (secondary N) is 3. The summed E-state index contributed by atoms with van der Waals surface area (Å²) in [7, 11) is -3.83. The molecule has 0 fully saturated rings. The van der Waals surface area contributed by atoms with E-state index in [1.807, 2.05) is 6.92 Å². The molecule has 3 rings (SSSR count). The van der Waals surface area contributed by atoms with Crippen LogP contribution < -0.4 is 10.0 Å². The van der Waals surface area contributed by atoms with Gasteiger partial charge in [0, 0.05) is 25.1 Å². The molecule has 0 bridgehead atoms. The van der Waals surface area contributed by atoms with E-state index in [1.165, 1.54) is 16.8 Å². The van der Waals surface area contributed by atoms with Gasteiger partial charge < -0.3 is 10.3 Å². The average Bonchev–Trinajstić information content (AvgIpc) is 3.05. The number of aromatic amines is 1. The molecule has 21 heavy (non-hydrogen) atoms. The first-order valence-corrected chi connectivity index (χ1v) is 7.83.